The van der Waals surface area contributed by atoms with E-state index in [-0.39, 0.29) is 0 Å². The molecular weight excluding hydrogens is 328 g/mol. The summed E-state index contributed by atoms with van der Waals surface area (Å²) in [5, 5.41) is 3.31. The number of nitrogens with zero attached hydrogens (tertiary/aromatic N) is 1. The van der Waals surface area contributed by atoms with Crippen LogP contribution in [-0.4, -0.2) is 52.3 Å². The molecule has 0 bridgehead atoms. The quantitative estimate of drug-likeness (QED) is 0.892. The van der Waals surface area contributed by atoms with Crippen molar-refractivity contribution >= 4 is 25.8 Å². The Morgan fingerprint density at radius 3 is 2.63 bits per heavy atom. The summed E-state index contributed by atoms with van der Waals surface area (Å²) in [5.74, 6) is 0. The molecule has 1 fully saturated rings. The number of nitrogens with one attached hydrogen (secondary N) is 1. The third kappa shape index (κ3) is 4.27. The van der Waals surface area contributed by atoms with Crippen molar-refractivity contribution in [3.8, 4) is 0 Å². The summed E-state index contributed by atoms with van der Waals surface area (Å²) in [6.45, 7) is 4.99. The molecule has 6 heteroatoms. The molecule has 2 rings (SSSR count). The lowest BCUT2D eigenvalue weighted by atomic mass is 10.1. The summed E-state index contributed by atoms with van der Waals surface area (Å²) in [7, 11) is -3.15. The lowest BCUT2D eigenvalue weighted by Crippen LogP contribution is -2.44. The third-order valence-electron chi connectivity index (χ3n) is 3.33. The highest BCUT2D eigenvalue weighted by atomic mass is 79.9. The Balaban J connectivity index is 2.12. The van der Waals surface area contributed by atoms with Gasteiger partial charge in [-0.2, -0.15) is 0 Å². The van der Waals surface area contributed by atoms with Crippen LogP contribution in [0.2, 0.25) is 0 Å². The van der Waals surface area contributed by atoms with Gasteiger partial charge < -0.3 is 10.2 Å². The van der Waals surface area contributed by atoms with E-state index in [4.69, 9.17) is 0 Å². The molecule has 1 heterocycles. The minimum Gasteiger partial charge on any atom is -0.314 e. The molecule has 1 aliphatic rings. The molecule has 19 heavy (non-hydrogen) atoms. The van der Waals surface area contributed by atoms with Gasteiger partial charge in [0.15, 0.2) is 9.84 Å². The van der Waals surface area contributed by atoms with Gasteiger partial charge in [-0.3, -0.25) is 0 Å². The summed E-state index contributed by atoms with van der Waals surface area (Å²) >= 11 is 3.41. The van der Waals surface area contributed by atoms with Gasteiger partial charge in [-0.1, -0.05) is 15.9 Å². The van der Waals surface area contributed by atoms with Crippen molar-refractivity contribution in [1.82, 2.24) is 10.2 Å². The summed E-state index contributed by atoms with van der Waals surface area (Å²) in [5.41, 5.74) is 0.899. The van der Waals surface area contributed by atoms with Crippen LogP contribution in [0.25, 0.3) is 0 Å². The van der Waals surface area contributed by atoms with E-state index in [1.807, 2.05) is 6.07 Å². The van der Waals surface area contributed by atoms with E-state index < -0.39 is 9.84 Å². The fourth-order valence-corrected chi connectivity index (χ4v) is 3.68. The van der Waals surface area contributed by atoms with E-state index >= 15 is 0 Å². The van der Waals surface area contributed by atoms with E-state index in [2.05, 4.69) is 26.1 Å². The Hall–Kier alpha value is -0.430. The van der Waals surface area contributed by atoms with Crippen molar-refractivity contribution in [2.75, 3.05) is 39.0 Å². The Morgan fingerprint density at radius 2 is 2.00 bits per heavy atom. The Bertz CT molecular complexity index is 540. The van der Waals surface area contributed by atoms with Crippen LogP contribution in [0.15, 0.2) is 27.6 Å². The summed E-state index contributed by atoms with van der Waals surface area (Å²) in [6.07, 6.45) is 2.03. The van der Waals surface area contributed by atoms with Crippen molar-refractivity contribution in [1.29, 1.82) is 0 Å². The maximum atomic E-state index is 11.8. The van der Waals surface area contributed by atoms with E-state index in [9.17, 15) is 8.42 Å². The number of halogens is 1. The first-order valence-electron chi connectivity index (χ1n) is 6.38. The second-order valence-electron chi connectivity index (χ2n) is 4.87. The van der Waals surface area contributed by atoms with Gasteiger partial charge in [-0.15, -0.1) is 0 Å². The zero-order valence-electron chi connectivity index (χ0n) is 11.0. The van der Waals surface area contributed by atoms with Crippen molar-refractivity contribution in [3.63, 3.8) is 0 Å². The number of benzene rings is 1. The van der Waals surface area contributed by atoms with Gasteiger partial charge in [0.1, 0.15) is 0 Å². The van der Waals surface area contributed by atoms with Crippen molar-refractivity contribution in [2.45, 2.75) is 11.3 Å². The first-order chi connectivity index (χ1) is 8.97. The average Bonchev–Trinajstić information content (AvgIpc) is 2.36. The lowest BCUT2D eigenvalue weighted by molar-refractivity contribution is 0.243. The van der Waals surface area contributed by atoms with Gasteiger partial charge in [0.25, 0.3) is 0 Å². The highest BCUT2D eigenvalue weighted by Crippen LogP contribution is 2.21. The largest absolute Gasteiger partial charge is 0.314 e. The minimum atomic E-state index is -3.15. The monoisotopic (exact) mass is 346 g/mol. The van der Waals surface area contributed by atoms with Gasteiger partial charge in [-0.05, 0) is 30.2 Å². The second-order valence-corrected chi connectivity index (χ2v) is 7.77. The molecule has 0 saturated carbocycles. The fraction of sp³-hybridized carbons (Fsp3) is 0.538. The molecule has 0 spiro atoms. The molecule has 0 radical (unpaired) electrons. The standard InChI is InChI=1S/C13H19BrN2O2S/c1-19(17,18)13-3-2-12(14)10-11(13)4-7-16-8-5-15-6-9-16/h2-3,10,15H,4-9H2,1H3. The Morgan fingerprint density at radius 1 is 1.32 bits per heavy atom. The van der Waals surface area contributed by atoms with Gasteiger partial charge >= 0.3 is 0 Å². The second kappa shape index (κ2) is 6.35. The molecule has 1 N–H and O–H groups in total. The third-order valence-corrected chi connectivity index (χ3v) is 5.02. The summed E-state index contributed by atoms with van der Waals surface area (Å²) < 4.78 is 24.5. The maximum Gasteiger partial charge on any atom is 0.175 e. The first-order valence-corrected chi connectivity index (χ1v) is 9.07. The van der Waals surface area contributed by atoms with E-state index in [1.165, 1.54) is 6.26 Å². The highest BCUT2D eigenvalue weighted by molar-refractivity contribution is 9.10. The molecule has 106 valence electrons. The number of piperazine rings is 1. The van der Waals surface area contributed by atoms with Crippen molar-refractivity contribution < 1.29 is 8.42 Å². The first kappa shape index (κ1) is 15.0. The van der Waals surface area contributed by atoms with Crippen LogP contribution in [0, 0.1) is 0 Å². The van der Waals surface area contributed by atoms with Crippen LogP contribution in [0.5, 0.6) is 0 Å². The molecule has 0 aliphatic carbocycles. The predicted octanol–water partition coefficient (Wildman–Crippen LogP) is 1.30. The summed E-state index contributed by atoms with van der Waals surface area (Å²) in [6, 6.07) is 5.38. The molecule has 0 unspecified atom stereocenters. The normalized spacial score (nSPS) is 17.6. The van der Waals surface area contributed by atoms with Crippen LogP contribution in [0.4, 0.5) is 0 Å². The number of hydrogen-bond donors (Lipinski definition) is 1. The van der Waals surface area contributed by atoms with Crippen LogP contribution >= 0.6 is 15.9 Å². The fourth-order valence-electron chi connectivity index (χ4n) is 2.32. The van der Waals surface area contributed by atoms with Crippen molar-refractivity contribution in [3.05, 3.63) is 28.2 Å². The SMILES string of the molecule is CS(=O)(=O)c1ccc(Br)cc1CCN1CCNCC1. The molecule has 1 aliphatic heterocycles. The Labute approximate surface area is 123 Å². The molecule has 0 aromatic heterocycles. The van der Waals surface area contributed by atoms with Crippen LogP contribution < -0.4 is 5.32 Å². The van der Waals surface area contributed by atoms with Gasteiger partial charge in [0.05, 0.1) is 4.90 Å². The highest BCUT2D eigenvalue weighted by Gasteiger charge is 2.15. The zero-order chi connectivity index (χ0) is 13.9. The molecule has 0 atom stereocenters. The lowest BCUT2D eigenvalue weighted by Gasteiger charge is -2.27. The number of rotatable bonds is 4. The minimum absolute atomic E-state index is 0.450. The number of sulfone groups is 1. The predicted molar refractivity (Wildman–Crippen MR) is 80.3 cm³/mol. The molecular formula is C13H19BrN2O2S. The number of hydrogen-bond acceptors (Lipinski definition) is 4. The van der Waals surface area contributed by atoms with Crippen LogP contribution in [-0.2, 0) is 16.3 Å². The summed E-state index contributed by atoms with van der Waals surface area (Å²) in [4.78, 5) is 2.81. The molecule has 4 nitrogen and oxygen atoms in total. The zero-order valence-corrected chi connectivity index (χ0v) is 13.4. The van der Waals surface area contributed by atoms with E-state index in [0.29, 0.717) is 4.90 Å². The molecule has 1 saturated heterocycles. The molecule has 0 amide bonds. The van der Waals surface area contributed by atoms with Gasteiger partial charge in [0.2, 0.25) is 0 Å². The Kier molecular flexibility index (Phi) is 5.00. The average molecular weight is 347 g/mol. The topological polar surface area (TPSA) is 49.4 Å². The van der Waals surface area contributed by atoms with Crippen LogP contribution in [0.3, 0.4) is 0 Å². The molecule has 1 aromatic rings. The van der Waals surface area contributed by atoms with Gasteiger partial charge in [-0.25, -0.2) is 8.42 Å². The van der Waals surface area contributed by atoms with Gasteiger partial charge in [0, 0.05) is 43.5 Å². The smallest absolute Gasteiger partial charge is 0.175 e. The maximum absolute atomic E-state index is 11.8. The van der Waals surface area contributed by atoms with Crippen molar-refractivity contribution in [2.24, 2.45) is 0 Å². The van der Waals surface area contributed by atoms with E-state index in [1.54, 1.807) is 12.1 Å². The van der Waals surface area contributed by atoms with Crippen LogP contribution in [0.1, 0.15) is 5.56 Å². The van der Waals surface area contributed by atoms with E-state index in [0.717, 1.165) is 49.2 Å². The molecule has 1 aromatic carbocycles.